The number of hydrogen-bond acceptors (Lipinski definition) is 1. The van der Waals surface area contributed by atoms with E-state index in [2.05, 4.69) is 32.5 Å². The highest BCUT2D eigenvalue weighted by atomic mass is 35.5. The van der Waals surface area contributed by atoms with Crippen LogP contribution >= 0.6 is 23.4 Å². The van der Waals surface area contributed by atoms with Gasteiger partial charge in [0.05, 0.1) is 0 Å². The molecule has 2 heteroatoms. The lowest BCUT2D eigenvalue weighted by Gasteiger charge is -2.19. The molecule has 1 saturated carbocycles. The predicted octanol–water partition coefficient (Wildman–Crippen LogP) is 3.93. The van der Waals surface area contributed by atoms with E-state index < -0.39 is 0 Å². The van der Waals surface area contributed by atoms with Crippen molar-refractivity contribution in [2.24, 2.45) is 5.41 Å². The van der Waals surface area contributed by atoms with E-state index in [1.807, 2.05) is 0 Å². The third kappa shape index (κ3) is 3.57. The Balaban J connectivity index is 2.10. The minimum Gasteiger partial charge on any atom is -0.156 e. The fraction of sp³-hybridized carbons (Fsp3) is 1.00. The maximum atomic E-state index is 5.90. The predicted molar refractivity (Wildman–Crippen MR) is 59.2 cm³/mol. The van der Waals surface area contributed by atoms with Gasteiger partial charge in [0, 0.05) is 10.6 Å². The van der Waals surface area contributed by atoms with Gasteiger partial charge in [-0.2, -0.15) is 11.8 Å². The average Bonchev–Trinajstić information content (AvgIpc) is 2.67. The van der Waals surface area contributed by atoms with Crippen LogP contribution in [0.1, 0.15) is 40.0 Å². The van der Waals surface area contributed by atoms with Gasteiger partial charge in [0.25, 0.3) is 0 Å². The van der Waals surface area contributed by atoms with E-state index in [9.17, 15) is 0 Å². The molecule has 0 atom stereocenters. The summed E-state index contributed by atoms with van der Waals surface area (Å²) < 4.78 is 0.419. The molecule has 0 saturated heterocycles. The van der Waals surface area contributed by atoms with Gasteiger partial charge in [-0.3, -0.25) is 0 Å². The Bertz CT molecular complexity index is 144. The molecule has 1 fully saturated rings. The van der Waals surface area contributed by atoms with Crippen LogP contribution in [0.5, 0.6) is 0 Å². The molecule has 1 aliphatic carbocycles. The molecule has 0 heterocycles. The molecule has 0 nitrogen and oxygen atoms in total. The van der Waals surface area contributed by atoms with Crippen LogP contribution in [-0.4, -0.2) is 16.4 Å². The van der Waals surface area contributed by atoms with Gasteiger partial charge in [0.15, 0.2) is 0 Å². The van der Waals surface area contributed by atoms with Crippen molar-refractivity contribution in [1.82, 2.24) is 0 Å². The molecule has 0 radical (unpaired) electrons. The maximum absolute atomic E-state index is 5.90. The van der Waals surface area contributed by atoms with Crippen molar-refractivity contribution in [2.45, 2.75) is 44.8 Å². The standard InChI is InChI=1S/C10H19ClS/c1-9(2,3)12-7-6-10(8-11)4-5-10/h4-8H2,1-3H3. The van der Waals surface area contributed by atoms with Gasteiger partial charge in [-0.15, -0.1) is 11.6 Å². The van der Waals surface area contributed by atoms with Crippen molar-refractivity contribution >= 4 is 23.4 Å². The summed E-state index contributed by atoms with van der Waals surface area (Å²) in [4.78, 5) is 0. The first-order chi connectivity index (χ1) is 5.47. The normalized spacial score (nSPS) is 21.0. The summed E-state index contributed by atoms with van der Waals surface area (Å²) in [6, 6.07) is 0. The van der Waals surface area contributed by atoms with Crippen molar-refractivity contribution in [2.75, 3.05) is 11.6 Å². The number of hydrogen-bond donors (Lipinski definition) is 0. The van der Waals surface area contributed by atoms with E-state index in [1.54, 1.807) is 0 Å². The summed E-state index contributed by atoms with van der Waals surface area (Å²) in [5.41, 5.74) is 0.555. The van der Waals surface area contributed by atoms with Gasteiger partial charge in [0.1, 0.15) is 0 Å². The molecule has 0 aliphatic heterocycles. The van der Waals surface area contributed by atoms with Crippen molar-refractivity contribution in [3.8, 4) is 0 Å². The highest BCUT2D eigenvalue weighted by Crippen LogP contribution is 2.50. The lowest BCUT2D eigenvalue weighted by Crippen LogP contribution is -2.11. The second-order valence-electron chi connectivity index (χ2n) is 4.84. The van der Waals surface area contributed by atoms with E-state index in [4.69, 9.17) is 11.6 Å². The summed E-state index contributed by atoms with van der Waals surface area (Å²) in [5, 5.41) is 0. The van der Waals surface area contributed by atoms with Crippen LogP contribution in [-0.2, 0) is 0 Å². The fourth-order valence-electron chi connectivity index (χ4n) is 1.20. The van der Waals surface area contributed by atoms with E-state index in [1.165, 1.54) is 25.0 Å². The van der Waals surface area contributed by atoms with Gasteiger partial charge >= 0.3 is 0 Å². The number of rotatable bonds is 4. The Morgan fingerprint density at radius 2 is 1.92 bits per heavy atom. The minimum atomic E-state index is 0.419. The summed E-state index contributed by atoms with van der Waals surface area (Å²) in [7, 11) is 0. The second-order valence-corrected chi connectivity index (χ2v) is 7.03. The Morgan fingerprint density at radius 3 is 2.25 bits per heavy atom. The van der Waals surface area contributed by atoms with E-state index >= 15 is 0 Å². The lowest BCUT2D eigenvalue weighted by atomic mass is 10.1. The third-order valence-corrected chi connectivity index (χ3v) is 4.25. The van der Waals surface area contributed by atoms with Crippen LogP contribution in [0.3, 0.4) is 0 Å². The molecule has 1 rings (SSSR count). The number of alkyl halides is 1. The van der Waals surface area contributed by atoms with Crippen molar-refractivity contribution < 1.29 is 0 Å². The van der Waals surface area contributed by atoms with E-state index in [0.29, 0.717) is 10.2 Å². The SMILES string of the molecule is CC(C)(C)SCCC1(CCl)CC1. The zero-order valence-electron chi connectivity index (χ0n) is 8.32. The third-order valence-electron chi connectivity index (χ3n) is 2.41. The molecule has 0 N–H and O–H groups in total. The number of halogens is 1. The van der Waals surface area contributed by atoms with Gasteiger partial charge in [-0.05, 0) is 30.4 Å². The number of thioether (sulfide) groups is 1. The zero-order valence-corrected chi connectivity index (χ0v) is 9.89. The maximum Gasteiger partial charge on any atom is 0.0280 e. The van der Waals surface area contributed by atoms with Gasteiger partial charge in [0.2, 0.25) is 0 Å². The molecule has 0 amide bonds. The molecule has 0 aromatic carbocycles. The summed E-state index contributed by atoms with van der Waals surface area (Å²) in [6.07, 6.45) is 4.04. The van der Waals surface area contributed by atoms with Crippen molar-refractivity contribution in [3.05, 3.63) is 0 Å². The quantitative estimate of drug-likeness (QED) is 0.629. The smallest absolute Gasteiger partial charge is 0.0280 e. The molecule has 0 aromatic rings. The molecule has 1 aliphatic rings. The first-order valence-corrected chi connectivity index (χ1v) is 6.19. The molecule has 0 spiro atoms. The van der Waals surface area contributed by atoms with Crippen LogP contribution in [0.2, 0.25) is 0 Å². The average molecular weight is 207 g/mol. The molecule has 72 valence electrons. The van der Waals surface area contributed by atoms with Crippen molar-refractivity contribution in [3.63, 3.8) is 0 Å². The molecule has 0 aromatic heterocycles. The van der Waals surface area contributed by atoms with Crippen LogP contribution in [0.15, 0.2) is 0 Å². The van der Waals surface area contributed by atoms with Crippen LogP contribution in [0.4, 0.5) is 0 Å². The molecular weight excluding hydrogens is 188 g/mol. The molecule has 0 unspecified atom stereocenters. The Morgan fingerprint density at radius 1 is 1.33 bits per heavy atom. The Labute approximate surface area is 85.4 Å². The summed E-state index contributed by atoms with van der Waals surface area (Å²) in [6.45, 7) is 6.83. The topological polar surface area (TPSA) is 0 Å². The summed E-state index contributed by atoms with van der Waals surface area (Å²) in [5.74, 6) is 2.15. The zero-order chi connectivity index (χ0) is 9.24. The van der Waals surface area contributed by atoms with Gasteiger partial charge < -0.3 is 0 Å². The molecular formula is C10H19ClS. The largest absolute Gasteiger partial charge is 0.156 e. The second kappa shape index (κ2) is 3.79. The Kier molecular flexibility index (Phi) is 3.39. The molecule has 0 bridgehead atoms. The van der Waals surface area contributed by atoms with Crippen LogP contribution in [0.25, 0.3) is 0 Å². The van der Waals surface area contributed by atoms with Crippen LogP contribution in [0, 0.1) is 5.41 Å². The lowest BCUT2D eigenvalue weighted by molar-refractivity contribution is 0.562. The van der Waals surface area contributed by atoms with E-state index in [-0.39, 0.29) is 0 Å². The van der Waals surface area contributed by atoms with Gasteiger partial charge in [-0.1, -0.05) is 20.8 Å². The monoisotopic (exact) mass is 206 g/mol. The minimum absolute atomic E-state index is 0.419. The van der Waals surface area contributed by atoms with E-state index in [0.717, 1.165) is 5.88 Å². The molecule has 12 heavy (non-hydrogen) atoms. The fourth-order valence-corrected chi connectivity index (χ4v) is 2.75. The van der Waals surface area contributed by atoms with Crippen LogP contribution < -0.4 is 0 Å². The highest BCUT2D eigenvalue weighted by molar-refractivity contribution is 8.00. The van der Waals surface area contributed by atoms with Crippen molar-refractivity contribution in [1.29, 1.82) is 0 Å². The Hall–Kier alpha value is 0.640. The first kappa shape index (κ1) is 10.7. The van der Waals surface area contributed by atoms with Gasteiger partial charge in [-0.25, -0.2) is 0 Å². The summed E-state index contributed by atoms with van der Waals surface area (Å²) >= 11 is 7.95. The first-order valence-electron chi connectivity index (χ1n) is 4.67. The highest BCUT2D eigenvalue weighted by Gasteiger charge is 2.41.